The molecule has 0 saturated carbocycles. The van der Waals surface area contributed by atoms with Gasteiger partial charge in [0.1, 0.15) is 0 Å². The molecular weight excluding hydrogens is 308 g/mol. The second-order valence-corrected chi connectivity index (χ2v) is 7.79. The zero-order chi connectivity index (χ0) is 17.6. The van der Waals surface area contributed by atoms with Gasteiger partial charge in [-0.15, -0.1) is 0 Å². The lowest BCUT2D eigenvalue weighted by molar-refractivity contribution is 0.167. The maximum Gasteiger partial charge on any atom is 0.191 e. The van der Waals surface area contributed by atoms with Gasteiger partial charge in [0.25, 0.3) is 0 Å². The first-order chi connectivity index (χ1) is 12.2. The van der Waals surface area contributed by atoms with E-state index in [1.807, 2.05) is 7.05 Å². The summed E-state index contributed by atoms with van der Waals surface area (Å²) in [7, 11) is 1.88. The first kappa shape index (κ1) is 18.2. The summed E-state index contributed by atoms with van der Waals surface area (Å²) in [6.45, 7) is 7.92. The number of guanidine groups is 1. The molecule has 4 heteroatoms. The van der Waals surface area contributed by atoms with Crippen molar-refractivity contribution < 1.29 is 0 Å². The fourth-order valence-electron chi connectivity index (χ4n) is 4.23. The Hall–Kier alpha value is -1.55. The van der Waals surface area contributed by atoms with Crippen molar-refractivity contribution in [3.05, 3.63) is 35.4 Å². The summed E-state index contributed by atoms with van der Waals surface area (Å²) in [5.41, 5.74) is 3.06. The number of nitrogens with zero attached hydrogens (tertiary/aromatic N) is 2. The average molecular weight is 343 g/mol. The highest BCUT2D eigenvalue weighted by Gasteiger charge is 2.23. The molecule has 3 rings (SSSR count). The van der Waals surface area contributed by atoms with Gasteiger partial charge < -0.3 is 15.5 Å². The van der Waals surface area contributed by atoms with Crippen LogP contribution in [0.1, 0.15) is 56.6 Å². The number of nitrogens with one attached hydrogen (secondary N) is 2. The number of hydrogen-bond donors (Lipinski definition) is 2. The summed E-state index contributed by atoms with van der Waals surface area (Å²) in [6, 6.07) is 10.1. The van der Waals surface area contributed by atoms with E-state index in [0.29, 0.717) is 18.0 Å². The van der Waals surface area contributed by atoms with Gasteiger partial charge in [-0.3, -0.25) is 4.99 Å². The second kappa shape index (κ2) is 8.70. The van der Waals surface area contributed by atoms with E-state index in [1.165, 1.54) is 56.3 Å². The summed E-state index contributed by atoms with van der Waals surface area (Å²) in [4.78, 5) is 7.02. The van der Waals surface area contributed by atoms with Gasteiger partial charge in [0.05, 0.1) is 0 Å². The van der Waals surface area contributed by atoms with Gasteiger partial charge in [-0.2, -0.15) is 0 Å². The summed E-state index contributed by atoms with van der Waals surface area (Å²) in [6.07, 6.45) is 6.20. The molecule has 138 valence electrons. The van der Waals surface area contributed by atoms with Crippen molar-refractivity contribution in [3.63, 3.8) is 0 Å². The van der Waals surface area contributed by atoms with Crippen LogP contribution in [0.4, 0.5) is 0 Å². The van der Waals surface area contributed by atoms with E-state index < -0.39 is 0 Å². The number of piperidine rings is 1. The second-order valence-electron chi connectivity index (χ2n) is 7.79. The molecule has 0 spiro atoms. The number of likely N-dealkylation sites (tertiary alicyclic amines) is 1. The number of hydrogen-bond acceptors (Lipinski definition) is 2. The van der Waals surface area contributed by atoms with Crippen molar-refractivity contribution in [2.24, 2.45) is 4.99 Å². The van der Waals surface area contributed by atoms with Crippen molar-refractivity contribution in [1.82, 2.24) is 15.5 Å². The lowest BCUT2D eigenvalue weighted by Crippen LogP contribution is -2.50. The molecule has 1 unspecified atom stereocenters. The van der Waals surface area contributed by atoms with Crippen molar-refractivity contribution in [3.8, 4) is 0 Å². The van der Waals surface area contributed by atoms with E-state index >= 15 is 0 Å². The Morgan fingerprint density at radius 1 is 1.20 bits per heavy atom. The number of aliphatic imine (C=N–C) groups is 1. The summed E-state index contributed by atoms with van der Waals surface area (Å²) >= 11 is 0. The first-order valence-electron chi connectivity index (χ1n) is 9.96. The highest BCUT2D eigenvalue weighted by molar-refractivity contribution is 5.80. The fourth-order valence-corrected chi connectivity index (χ4v) is 4.23. The van der Waals surface area contributed by atoms with E-state index in [1.54, 1.807) is 0 Å². The van der Waals surface area contributed by atoms with Gasteiger partial charge in [-0.25, -0.2) is 0 Å². The van der Waals surface area contributed by atoms with E-state index in [-0.39, 0.29) is 0 Å². The highest BCUT2D eigenvalue weighted by atomic mass is 15.2. The van der Waals surface area contributed by atoms with Crippen molar-refractivity contribution in [2.45, 2.75) is 64.0 Å². The van der Waals surface area contributed by atoms with Crippen molar-refractivity contribution >= 4 is 5.96 Å². The lowest BCUT2D eigenvalue weighted by atomic mass is 9.83. The molecule has 0 radical (unpaired) electrons. The van der Waals surface area contributed by atoms with Gasteiger partial charge in [0.2, 0.25) is 0 Å². The SMILES string of the molecule is CN=C(NCC1CCCc2ccccc21)NC1CCN(C(C)C)CC1. The number of benzene rings is 1. The third kappa shape index (κ3) is 4.75. The lowest BCUT2D eigenvalue weighted by Gasteiger charge is -2.35. The fraction of sp³-hybridized carbons (Fsp3) is 0.667. The van der Waals surface area contributed by atoms with E-state index in [9.17, 15) is 0 Å². The minimum absolute atomic E-state index is 0.542. The van der Waals surface area contributed by atoms with Crippen LogP contribution in [0.2, 0.25) is 0 Å². The number of aryl methyl sites for hydroxylation is 1. The molecule has 1 saturated heterocycles. The summed E-state index contributed by atoms with van der Waals surface area (Å²) in [5.74, 6) is 1.57. The van der Waals surface area contributed by atoms with Crippen LogP contribution in [0.15, 0.2) is 29.3 Å². The molecule has 2 aliphatic rings. The summed E-state index contributed by atoms with van der Waals surface area (Å²) < 4.78 is 0. The van der Waals surface area contributed by atoms with Crippen molar-refractivity contribution in [1.29, 1.82) is 0 Å². The Balaban J connectivity index is 1.49. The molecule has 0 amide bonds. The normalized spacial score (nSPS) is 22.7. The monoisotopic (exact) mass is 342 g/mol. The van der Waals surface area contributed by atoms with Gasteiger partial charge in [0.15, 0.2) is 5.96 Å². The van der Waals surface area contributed by atoms with Crippen LogP contribution in [0, 0.1) is 0 Å². The van der Waals surface area contributed by atoms with Crippen LogP contribution in [0.5, 0.6) is 0 Å². The van der Waals surface area contributed by atoms with Gasteiger partial charge in [0, 0.05) is 44.7 Å². The molecule has 1 fully saturated rings. The Kier molecular flexibility index (Phi) is 6.35. The largest absolute Gasteiger partial charge is 0.356 e. The topological polar surface area (TPSA) is 39.7 Å². The van der Waals surface area contributed by atoms with Gasteiger partial charge in [-0.1, -0.05) is 24.3 Å². The van der Waals surface area contributed by atoms with Crippen LogP contribution in [0.25, 0.3) is 0 Å². The molecule has 1 aromatic rings. The number of fused-ring (bicyclic) bond motifs is 1. The quantitative estimate of drug-likeness (QED) is 0.652. The van der Waals surface area contributed by atoms with E-state index in [0.717, 1.165) is 12.5 Å². The van der Waals surface area contributed by atoms with Crippen LogP contribution >= 0.6 is 0 Å². The molecular formula is C21H34N4. The summed E-state index contributed by atoms with van der Waals surface area (Å²) in [5, 5.41) is 7.23. The Morgan fingerprint density at radius 3 is 2.68 bits per heavy atom. The standard InChI is InChI=1S/C21H34N4/c1-16(2)25-13-11-19(12-14-25)24-21(22-3)23-15-18-9-6-8-17-7-4-5-10-20(17)18/h4-5,7,10,16,18-19H,6,8-9,11-15H2,1-3H3,(H2,22,23,24). The van der Waals surface area contributed by atoms with Crippen LogP contribution in [-0.4, -0.2) is 49.6 Å². The molecule has 0 bridgehead atoms. The third-order valence-electron chi connectivity index (χ3n) is 5.83. The Morgan fingerprint density at radius 2 is 1.96 bits per heavy atom. The Labute approximate surface area is 153 Å². The van der Waals surface area contributed by atoms with Crippen molar-refractivity contribution in [2.75, 3.05) is 26.7 Å². The van der Waals surface area contributed by atoms with E-state index in [4.69, 9.17) is 0 Å². The molecule has 4 nitrogen and oxygen atoms in total. The Bertz CT molecular complexity index is 573. The zero-order valence-electron chi connectivity index (χ0n) is 16.1. The van der Waals surface area contributed by atoms with Gasteiger partial charge in [-0.05, 0) is 57.1 Å². The smallest absolute Gasteiger partial charge is 0.191 e. The first-order valence-corrected chi connectivity index (χ1v) is 9.96. The minimum atomic E-state index is 0.542. The molecule has 1 aromatic carbocycles. The number of rotatable bonds is 4. The van der Waals surface area contributed by atoms with Crippen LogP contribution in [0.3, 0.4) is 0 Å². The zero-order valence-corrected chi connectivity index (χ0v) is 16.1. The predicted molar refractivity (Wildman–Crippen MR) is 106 cm³/mol. The maximum absolute atomic E-state index is 4.46. The average Bonchev–Trinajstić information content (AvgIpc) is 2.65. The van der Waals surface area contributed by atoms with Crippen LogP contribution in [-0.2, 0) is 6.42 Å². The molecule has 2 N–H and O–H groups in total. The van der Waals surface area contributed by atoms with Crippen LogP contribution < -0.4 is 10.6 Å². The van der Waals surface area contributed by atoms with Gasteiger partial charge >= 0.3 is 0 Å². The molecule has 25 heavy (non-hydrogen) atoms. The maximum atomic E-state index is 4.46. The highest BCUT2D eigenvalue weighted by Crippen LogP contribution is 2.30. The predicted octanol–water partition coefficient (Wildman–Crippen LogP) is 3.14. The molecule has 1 aliphatic carbocycles. The molecule has 1 aliphatic heterocycles. The van der Waals surface area contributed by atoms with E-state index in [2.05, 4.69) is 58.6 Å². The molecule has 1 atom stereocenters. The molecule has 0 aromatic heterocycles. The minimum Gasteiger partial charge on any atom is -0.356 e. The molecule has 1 heterocycles. The third-order valence-corrected chi connectivity index (χ3v) is 5.83.